The molecule has 0 saturated carbocycles. The fourth-order valence-corrected chi connectivity index (χ4v) is 1.86. The van der Waals surface area contributed by atoms with E-state index in [2.05, 4.69) is 15.3 Å². The third-order valence-electron chi connectivity index (χ3n) is 2.85. The van der Waals surface area contributed by atoms with Crippen LogP contribution < -0.4 is 11.1 Å². The number of aromatic nitrogens is 3. The molecule has 6 nitrogen and oxygen atoms in total. The van der Waals surface area contributed by atoms with E-state index < -0.39 is 6.04 Å². The van der Waals surface area contributed by atoms with E-state index in [-0.39, 0.29) is 5.91 Å². The largest absolute Gasteiger partial charge is 0.323 e. The van der Waals surface area contributed by atoms with E-state index in [0.717, 1.165) is 5.82 Å². The highest BCUT2D eigenvalue weighted by atomic mass is 16.2. The van der Waals surface area contributed by atoms with Crippen molar-refractivity contribution >= 4 is 11.6 Å². The lowest BCUT2D eigenvalue weighted by molar-refractivity contribution is -0.117. The lowest BCUT2D eigenvalue weighted by Crippen LogP contribution is -2.36. The van der Waals surface area contributed by atoms with Gasteiger partial charge in [-0.3, -0.25) is 9.36 Å². The molecule has 0 aliphatic carbocycles. The second-order valence-corrected chi connectivity index (χ2v) is 5.10. The molecule has 2 aromatic rings. The van der Waals surface area contributed by atoms with Gasteiger partial charge in [0, 0.05) is 12.4 Å². The van der Waals surface area contributed by atoms with E-state index in [1.807, 2.05) is 19.9 Å². The molecule has 0 aromatic carbocycles. The maximum absolute atomic E-state index is 11.9. The number of imidazole rings is 1. The number of hydrogen-bond acceptors (Lipinski definition) is 4. The molecule has 0 spiro atoms. The van der Waals surface area contributed by atoms with Crippen molar-refractivity contribution in [1.29, 1.82) is 0 Å². The first-order valence-corrected chi connectivity index (χ1v) is 6.57. The van der Waals surface area contributed by atoms with Gasteiger partial charge in [-0.2, -0.15) is 0 Å². The van der Waals surface area contributed by atoms with Gasteiger partial charge in [-0.15, -0.1) is 0 Å². The zero-order chi connectivity index (χ0) is 14.5. The highest BCUT2D eigenvalue weighted by Crippen LogP contribution is 2.11. The summed E-state index contributed by atoms with van der Waals surface area (Å²) in [4.78, 5) is 20.1. The van der Waals surface area contributed by atoms with Crippen LogP contribution in [0.5, 0.6) is 0 Å². The number of hydrogen-bond donors (Lipinski definition) is 2. The second-order valence-electron chi connectivity index (χ2n) is 5.10. The predicted octanol–water partition coefficient (Wildman–Crippen LogP) is 1.58. The van der Waals surface area contributed by atoms with Gasteiger partial charge in [-0.1, -0.05) is 13.8 Å². The predicted molar refractivity (Wildman–Crippen MR) is 77.4 cm³/mol. The lowest BCUT2D eigenvalue weighted by Gasteiger charge is -2.14. The zero-order valence-electron chi connectivity index (χ0n) is 11.7. The molecule has 106 valence electrons. The summed E-state index contributed by atoms with van der Waals surface area (Å²) >= 11 is 0. The SMILES string of the molecule is CC(C)C[C@@H](N)C(=O)Nc1ccc(-n2ccnc2)nc1. The Morgan fingerprint density at radius 3 is 2.80 bits per heavy atom. The van der Waals surface area contributed by atoms with Gasteiger partial charge in [0.2, 0.25) is 5.91 Å². The van der Waals surface area contributed by atoms with E-state index in [9.17, 15) is 4.79 Å². The first kappa shape index (κ1) is 14.2. The van der Waals surface area contributed by atoms with Crippen LogP contribution in [0.2, 0.25) is 0 Å². The molecular weight excluding hydrogens is 254 g/mol. The fourth-order valence-electron chi connectivity index (χ4n) is 1.86. The van der Waals surface area contributed by atoms with Gasteiger partial charge in [-0.05, 0) is 24.5 Å². The molecule has 0 aliphatic heterocycles. The molecule has 0 fully saturated rings. The average molecular weight is 273 g/mol. The second kappa shape index (κ2) is 6.29. The van der Waals surface area contributed by atoms with Crippen molar-refractivity contribution in [3.05, 3.63) is 37.1 Å². The molecule has 1 atom stereocenters. The molecule has 0 unspecified atom stereocenters. The minimum atomic E-state index is -0.497. The summed E-state index contributed by atoms with van der Waals surface area (Å²) < 4.78 is 1.79. The van der Waals surface area contributed by atoms with Gasteiger partial charge < -0.3 is 11.1 Å². The Morgan fingerprint density at radius 1 is 1.45 bits per heavy atom. The number of nitrogens with zero attached hydrogens (tertiary/aromatic N) is 3. The summed E-state index contributed by atoms with van der Waals surface area (Å²) in [6.07, 6.45) is 7.42. The van der Waals surface area contributed by atoms with Crippen LogP contribution in [0, 0.1) is 5.92 Å². The van der Waals surface area contributed by atoms with Gasteiger partial charge in [0.1, 0.15) is 12.1 Å². The molecule has 20 heavy (non-hydrogen) atoms. The van der Waals surface area contributed by atoms with Crippen LogP contribution in [0.4, 0.5) is 5.69 Å². The third-order valence-corrected chi connectivity index (χ3v) is 2.85. The van der Waals surface area contributed by atoms with Gasteiger partial charge in [0.25, 0.3) is 0 Å². The molecule has 3 N–H and O–H groups in total. The van der Waals surface area contributed by atoms with Gasteiger partial charge in [0.05, 0.1) is 17.9 Å². The molecule has 2 heterocycles. The number of nitrogens with one attached hydrogen (secondary N) is 1. The quantitative estimate of drug-likeness (QED) is 0.866. The number of carbonyl (C=O) groups excluding carboxylic acids is 1. The highest BCUT2D eigenvalue weighted by Gasteiger charge is 2.15. The van der Waals surface area contributed by atoms with Crippen molar-refractivity contribution in [2.45, 2.75) is 26.3 Å². The average Bonchev–Trinajstić information content (AvgIpc) is 2.92. The zero-order valence-corrected chi connectivity index (χ0v) is 11.7. The summed E-state index contributed by atoms with van der Waals surface area (Å²) in [6.45, 7) is 4.07. The number of anilines is 1. The molecule has 1 amide bonds. The Morgan fingerprint density at radius 2 is 2.25 bits per heavy atom. The summed E-state index contributed by atoms with van der Waals surface area (Å²) in [5.41, 5.74) is 6.47. The summed E-state index contributed by atoms with van der Waals surface area (Å²) in [6, 6.07) is 3.11. The molecule has 0 bridgehead atoms. The van der Waals surface area contributed by atoms with Crippen LogP contribution in [0.15, 0.2) is 37.1 Å². The molecular formula is C14H19N5O. The number of nitrogens with two attached hydrogens (primary N) is 1. The molecule has 0 radical (unpaired) electrons. The standard InChI is InChI=1S/C14H19N5O/c1-10(2)7-12(15)14(20)18-11-3-4-13(17-8-11)19-6-5-16-9-19/h3-6,8-10,12H,7,15H2,1-2H3,(H,18,20)/t12-/m1/s1. The Bertz CT molecular complexity index is 547. The van der Waals surface area contributed by atoms with E-state index in [1.54, 1.807) is 35.6 Å². The monoisotopic (exact) mass is 273 g/mol. The molecule has 0 aliphatic rings. The van der Waals surface area contributed by atoms with E-state index >= 15 is 0 Å². The van der Waals surface area contributed by atoms with Crippen LogP contribution in [-0.4, -0.2) is 26.5 Å². The Labute approximate surface area is 118 Å². The highest BCUT2D eigenvalue weighted by molar-refractivity contribution is 5.94. The minimum absolute atomic E-state index is 0.184. The molecule has 2 rings (SSSR count). The van der Waals surface area contributed by atoms with Crippen LogP contribution in [0.25, 0.3) is 5.82 Å². The number of pyridine rings is 1. The van der Waals surface area contributed by atoms with E-state index in [4.69, 9.17) is 5.73 Å². The van der Waals surface area contributed by atoms with Crippen LogP contribution >= 0.6 is 0 Å². The molecule has 6 heteroatoms. The Hall–Kier alpha value is -2.21. The number of carbonyl (C=O) groups is 1. The fraction of sp³-hybridized carbons (Fsp3) is 0.357. The maximum Gasteiger partial charge on any atom is 0.241 e. The Balaban J connectivity index is 1.99. The van der Waals surface area contributed by atoms with Crippen molar-refractivity contribution < 1.29 is 4.79 Å². The smallest absolute Gasteiger partial charge is 0.241 e. The van der Waals surface area contributed by atoms with Crippen molar-refractivity contribution in [3.63, 3.8) is 0 Å². The van der Waals surface area contributed by atoms with Crippen LogP contribution in [0.3, 0.4) is 0 Å². The third kappa shape index (κ3) is 3.64. The van der Waals surface area contributed by atoms with Crippen molar-refractivity contribution in [3.8, 4) is 5.82 Å². The van der Waals surface area contributed by atoms with Gasteiger partial charge in [0.15, 0.2) is 0 Å². The van der Waals surface area contributed by atoms with Gasteiger partial charge >= 0.3 is 0 Å². The summed E-state index contributed by atoms with van der Waals surface area (Å²) in [7, 11) is 0. The topological polar surface area (TPSA) is 85.8 Å². The molecule has 0 saturated heterocycles. The first-order chi connectivity index (χ1) is 9.56. The molecule has 2 aromatic heterocycles. The van der Waals surface area contributed by atoms with E-state index in [1.165, 1.54) is 0 Å². The normalized spacial score (nSPS) is 12.4. The maximum atomic E-state index is 11.9. The summed E-state index contributed by atoms with van der Waals surface area (Å²) in [5.74, 6) is 0.945. The van der Waals surface area contributed by atoms with Crippen molar-refractivity contribution in [1.82, 2.24) is 14.5 Å². The van der Waals surface area contributed by atoms with Crippen LogP contribution in [0.1, 0.15) is 20.3 Å². The van der Waals surface area contributed by atoms with Gasteiger partial charge in [-0.25, -0.2) is 9.97 Å². The van der Waals surface area contributed by atoms with Crippen molar-refractivity contribution in [2.24, 2.45) is 11.7 Å². The Kier molecular flexibility index (Phi) is 4.47. The van der Waals surface area contributed by atoms with Crippen LogP contribution in [-0.2, 0) is 4.79 Å². The van der Waals surface area contributed by atoms with Crippen molar-refractivity contribution in [2.75, 3.05) is 5.32 Å². The number of rotatable bonds is 5. The lowest BCUT2D eigenvalue weighted by atomic mass is 10.0. The summed E-state index contributed by atoms with van der Waals surface area (Å²) in [5, 5.41) is 2.77. The van der Waals surface area contributed by atoms with E-state index in [0.29, 0.717) is 18.0 Å². The minimum Gasteiger partial charge on any atom is -0.323 e. The first-order valence-electron chi connectivity index (χ1n) is 6.57. The number of amides is 1.